The zero-order valence-electron chi connectivity index (χ0n) is 9.51. The van der Waals surface area contributed by atoms with Crippen molar-refractivity contribution < 1.29 is 4.79 Å². The number of nitriles is 1. The van der Waals surface area contributed by atoms with Gasteiger partial charge < -0.3 is 5.32 Å². The number of rotatable bonds is 2. The van der Waals surface area contributed by atoms with Gasteiger partial charge in [-0.05, 0) is 24.3 Å². The third-order valence-corrected chi connectivity index (χ3v) is 2.90. The van der Waals surface area contributed by atoms with Gasteiger partial charge in [0.1, 0.15) is 11.8 Å². The van der Waals surface area contributed by atoms with Crippen molar-refractivity contribution in [2.75, 3.05) is 5.32 Å². The largest absolute Gasteiger partial charge is 0.319 e. The lowest BCUT2D eigenvalue weighted by Crippen LogP contribution is -2.16. The van der Waals surface area contributed by atoms with Crippen molar-refractivity contribution in [1.82, 2.24) is 9.78 Å². The van der Waals surface area contributed by atoms with Crippen LogP contribution >= 0.6 is 15.9 Å². The first-order chi connectivity index (χ1) is 8.61. The Hall–Kier alpha value is -2.13. The van der Waals surface area contributed by atoms with Crippen molar-refractivity contribution >= 4 is 27.5 Å². The number of aryl methyl sites for hydroxylation is 1. The van der Waals surface area contributed by atoms with Crippen LogP contribution in [0.2, 0.25) is 0 Å². The lowest BCUT2D eigenvalue weighted by molar-refractivity contribution is 0.101. The number of hydrogen-bond acceptors (Lipinski definition) is 3. The number of aromatic nitrogens is 2. The molecule has 1 aromatic heterocycles. The monoisotopic (exact) mass is 304 g/mol. The highest BCUT2D eigenvalue weighted by molar-refractivity contribution is 9.10. The van der Waals surface area contributed by atoms with Crippen LogP contribution in [0.25, 0.3) is 0 Å². The molecule has 90 valence electrons. The summed E-state index contributed by atoms with van der Waals surface area (Å²) in [5, 5.41) is 15.6. The molecule has 6 heteroatoms. The molecule has 0 radical (unpaired) electrons. The molecular formula is C12H9BrN4O. The zero-order chi connectivity index (χ0) is 13.1. The molecule has 0 aliphatic carbocycles. The average molecular weight is 305 g/mol. The minimum Gasteiger partial charge on any atom is -0.319 e. The van der Waals surface area contributed by atoms with Crippen molar-refractivity contribution in [2.45, 2.75) is 0 Å². The van der Waals surface area contributed by atoms with Crippen molar-refractivity contribution in [2.24, 2.45) is 7.05 Å². The van der Waals surface area contributed by atoms with Crippen LogP contribution in [0.4, 0.5) is 5.69 Å². The molecule has 18 heavy (non-hydrogen) atoms. The van der Waals surface area contributed by atoms with E-state index >= 15 is 0 Å². The molecule has 0 aliphatic rings. The van der Waals surface area contributed by atoms with E-state index in [1.54, 1.807) is 37.5 Å². The summed E-state index contributed by atoms with van der Waals surface area (Å²) in [6.45, 7) is 0. The van der Waals surface area contributed by atoms with E-state index in [4.69, 9.17) is 5.26 Å². The summed E-state index contributed by atoms with van der Waals surface area (Å²) in [4.78, 5) is 12.0. The third-order valence-electron chi connectivity index (χ3n) is 2.40. The van der Waals surface area contributed by atoms with E-state index in [9.17, 15) is 4.79 Å². The molecule has 0 spiro atoms. The fourth-order valence-corrected chi connectivity index (χ4v) is 1.86. The minimum atomic E-state index is -0.297. The maximum Gasteiger partial charge on any atom is 0.273 e. The van der Waals surface area contributed by atoms with Crippen molar-refractivity contribution in [3.05, 3.63) is 46.2 Å². The summed E-state index contributed by atoms with van der Waals surface area (Å²) in [6, 6.07) is 8.74. The fourth-order valence-electron chi connectivity index (χ4n) is 1.50. The Bertz CT molecular complexity index is 642. The normalized spacial score (nSPS) is 9.83. The van der Waals surface area contributed by atoms with Gasteiger partial charge in [-0.25, -0.2) is 0 Å². The SMILES string of the molecule is Cn1nccc1C(=O)Nc1ccc(Br)cc1C#N. The Morgan fingerprint density at radius 1 is 1.50 bits per heavy atom. The number of nitrogens with zero attached hydrogens (tertiary/aromatic N) is 3. The molecule has 0 saturated carbocycles. The highest BCUT2D eigenvalue weighted by atomic mass is 79.9. The molecule has 2 rings (SSSR count). The first-order valence-corrected chi connectivity index (χ1v) is 5.90. The van der Waals surface area contributed by atoms with Gasteiger partial charge in [0, 0.05) is 17.7 Å². The molecule has 0 aliphatic heterocycles. The Morgan fingerprint density at radius 3 is 2.89 bits per heavy atom. The molecule has 0 bridgehead atoms. The fraction of sp³-hybridized carbons (Fsp3) is 0.0833. The van der Waals surface area contributed by atoms with E-state index in [-0.39, 0.29) is 5.91 Å². The Kier molecular flexibility index (Phi) is 3.44. The number of anilines is 1. The van der Waals surface area contributed by atoms with Gasteiger partial charge in [-0.3, -0.25) is 9.48 Å². The maximum absolute atomic E-state index is 12.0. The van der Waals surface area contributed by atoms with E-state index in [0.717, 1.165) is 4.47 Å². The highest BCUT2D eigenvalue weighted by Crippen LogP contribution is 2.20. The predicted molar refractivity (Wildman–Crippen MR) is 70.0 cm³/mol. The van der Waals surface area contributed by atoms with E-state index in [1.807, 2.05) is 6.07 Å². The second-order valence-electron chi connectivity index (χ2n) is 3.60. The van der Waals surface area contributed by atoms with Gasteiger partial charge in [-0.2, -0.15) is 10.4 Å². The van der Waals surface area contributed by atoms with Gasteiger partial charge in [0.15, 0.2) is 0 Å². The van der Waals surface area contributed by atoms with Gasteiger partial charge in [0.05, 0.1) is 11.3 Å². The Balaban J connectivity index is 2.28. The summed E-state index contributed by atoms with van der Waals surface area (Å²) in [5.41, 5.74) is 1.31. The van der Waals surface area contributed by atoms with Gasteiger partial charge in [-0.1, -0.05) is 15.9 Å². The number of carbonyl (C=O) groups is 1. The number of halogens is 1. The standard InChI is InChI=1S/C12H9BrN4O/c1-17-11(4-5-15-17)12(18)16-10-3-2-9(13)6-8(10)7-14/h2-6H,1H3,(H,16,18). The molecule has 5 nitrogen and oxygen atoms in total. The highest BCUT2D eigenvalue weighted by Gasteiger charge is 2.12. The number of carbonyl (C=O) groups excluding carboxylic acids is 1. The third kappa shape index (κ3) is 2.41. The lowest BCUT2D eigenvalue weighted by atomic mass is 10.2. The summed E-state index contributed by atoms with van der Waals surface area (Å²) >= 11 is 3.28. The van der Waals surface area contributed by atoms with E-state index < -0.39 is 0 Å². The summed E-state index contributed by atoms with van der Waals surface area (Å²) in [5.74, 6) is -0.297. The number of nitrogens with one attached hydrogen (secondary N) is 1. The molecule has 0 unspecified atom stereocenters. The smallest absolute Gasteiger partial charge is 0.273 e. The van der Waals surface area contributed by atoms with Crippen LogP contribution < -0.4 is 5.32 Å². The van der Waals surface area contributed by atoms with Gasteiger partial charge in [0.25, 0.3) is 5.91 Å². The van der Waals surface area contributed by atoms with E-state index in [2.05, 4.69) is 26.3 Å². The molecule has 1 heterocycles. The molecule has 1 aromatic carbocycles. The Morgan fingerprint density at radius 2 is 2.28 bits per heavy atom. The molecule has 2 aromatic rings. The van der Waals surface area contributed by atoms with Crippen molar-refractivity contribution in [3.63, 3.8) is 0 Å². The van der Waals surface area contributed by atoms with Crippen LogP contribution in [0.1, 0.15) is 16.1 Å². The minimum absolute atomic E-state index is 0.297. The molecule has 0 atom stereocenters. The second kappa shape index (κ2) is 5.02. The predicted octanol–water partition coefficient (Wildman–Crippen LogP) is 2.31. The van der Waals surface area contributed by atoms with E-state index in [0.29, 0.717) is 16.9 Å². The van der Waals surface area contributed by atoms with E-state index in [1.165, 1.54) is 4.68 Å². The summed E-state index contributed by atoms with van der Waals surface area (Å²) < 4.78 is 2.26. The second-order valence-corrected chi connectivity index (χ2v) is 4.51. The molecule has 0 saturated heterocycles. The first kappa shape index (κ1) is 12.3. The van der Waals surface area contributed by atoms with Crippen molar-refractivity contribution in [1.29, 1.82) is 5.26 Å². The Labute approximate surface area is 112 Å². The topological polar surface area (TPSA) is 70.7 Å². The molecular weight excluding hydrogens is 296 g/mol. The van der Waals surface area contributed by atoms with Crippen LogP contribution in [0.3, 0.4) is 0 Å². The number of benzene rings is 1. The van der Waals surface area contributed by atoms with Crippen LogP contribution in [-0.4, -0.2) is 15.7 Å². The maximum atomic E-state index is 12.0. The van der Waals surface area contributed by atoms with Gasteiger partial charge >= 0.3 is 0 Å². The molecule has 0 fully saturated rings. The van der Waals surface area contributed by atoms with Crippen molar-refractivity contribution in [3.8, 4) is 6.07 Å². The first-order valence-electron chi connectivity index (χ1n) is 5.11. The quantitative estimate of drug-likeness (QED) is 0.925. The lowest BCUT2D eigenvalue weighted by Gasteiger charge is -2.07. The summed E-state index contributed by atoms with van der Waals surface area (Å²) in [6.07, 6.45) is 1.54. The van der Waals surface area contributed by atoms with Gasteiger partial charge in [0.2, 0.25) is 0 Å². The summed E-state index contributed by atoms with van der Waals surface area (Å²) in [7, 11) is 1.68. The average Bonchev–Trinajstić information content (AvgIpc) is 2.77. The number of hydrogen-bond donors (Lipinski definition) is 1. The van der Waals surface area contributed by atoms with Crippen LogP contribution in [0.5, 0.6) is 0 Å². The molecule has 1 amide bonds. The number of amides is 1. The van der Waals surface area contributed by atoms with Crippen LogP contribution in [0.15, 0.2) is 34.9 Å². The van der Waals surface area contributed by atoms with Crippen LogP contribution in [-0.2, 0) is 7.05 Å². The van der Waals surface area contributed by atoms with Gasteiger partial charge in [-0.15, -0.1) is 0 Å². The molecule has 1 N–H and O–H groups in total. The zero-order valence-corrected chi connectivity index (χ0v) is 11.1. The van der Waals surface area contributed by atoms with Crippen LogP contribution in [0, 0.1) is 11.3 Å².